The summed E-state index contributed by atoms with van der Waals surface area (Å²) in [6.45, 7) is 0. The molecular formula is C48H31N3. The minimum atomic E-state index is 0.944. The SMILES string of the molecule is c1ccc(-c2cccc(-c3cccc(-c4cccc(-c5ccc(-c6nc7cccc8c7n6-c6ccccc6-c6ccccc6-8)cc5)c4)c3)n2)cc1. The van der Waals surface area contributed by atoms with Crippen LogP contribution in [0.2, 0.25) is 0 Å². The fourth-order valence-corrected chi connectivity index (χ4v) is 7.53. The van der Waals surface area contributed by atoms with Crippen molar-refractivity contribution >= 4 is 11.0 Å². The topological polar surface area (TPSA) is 30.7 Å². The van der Waals surface area contributed by atoms with E-state index in [9.17, 15) is 0 Å². The molecule has 1 aliphatic heterocycles. The highest BCUT2D eigenvalue weighted by Crippen LogP contribution is 2.45. The van der Waals surface area contributed by atoms with E-state index in [1.807, 2.05) is 6.07 Å². The molecule has 9 aromatic rings. The van der Waals surface area contributed by atoms with Crippen LogP contribution < -0.4 is 0 Å². The van der Waals surface area contributed by atoms with Gasteiger partial charge in [-0.2, -0.15) is 0 Å². The summed E-state index contributed by atoms with van der Waals surface area (Å²) < 4.78 is 2.35. The third kappa shape index (κ3) is 4.98. The molecule has 10 rings (SSSR count). The molecule has 51 heavy (non-hydrogen) atoms. The van der Waals surface area contributed by atoms with Crippen LogP contribution in [0.1, 0.15) is 0 Å². The van der Waals surface area contributed by atoms with Crippen LogP contribution in [0, 0.1) is 0 Å². The van der Waals surface area contributed by atoms with Crippen LogP contribution in [-0.4, -0.2) is 14.5 Å². The summed E-state index contributed by atoms with van der Waals surface area (Å²) in [5.74, 6) is 0.944. The van der Waals surface area contributed by atoms with Crippen molar-refractivity contribution in [2.45, 2.75) is 0 Å². The zero-order chi connectivity index (χ0) is 33.7. The van der Waals surface area contributed by atoms with Gasteiger partial charge in [-0.15, -0.1) is 0 Å². The van der Waals surface area contributed by atoms with Crippen LogP contribution in [0.15, 0.2) is 188 Å². The van der Waals surface area contributed by atoms with Crippen LogP contribution in [0.5, 0.6) is 0 Å². The van der Waals surface area contributed by atoms with Gasteiger partial charge in [0.25, 0.3) is 0 Å². The van der Waals surface area contributed by atoms with Crippen LogP contribution in [0.25, 0.3) is 95.1 Å². The Bertz CT molecular complexity index is 2740. The lowest BCUT2D eigenvalue weighted by Gasteiger charge is -2.13. The van der Waals surface area contributed by atoms with E-state index in [0.29, 0.717) is 0 Å². The second-order valence-electron chi connectivity index (χ2n) is 13.0. The van der Waals surface area contributed by atoms with E-state index in [-0.39, 0.29) is 0 Å². The Balaban J connectivity index is 1.01. The van der Waals surface area contributed by atoms with Crippen molar-refractivity contribution in [2.24, 2.45) is 0 Å². The quantitative estimate of drug-likeness (QED) is 0.186. The minimum absolute atomic E-state index is 0.944. The van der Waals surface area contributed by atoms with Gasteiger partial charge >= 0.3 is 0 Å². The molecule has 0 aliphatic carbocycles. The second kappa shape index (κ2) is 11.9. The Hall–Kier alpha value is -6.84. The first kappa shape index (κ1) is 29.1. The van der Waals surface area contributed by atoms with Crippen LogP contribution >= 0.6 is 0 Å². The van der Waals surface area contributed by atoms with E-state index < -0.39 is 0 Å². The maximum atomic E-state index is 5.24. The summed E-state index contributed by atoms with van der Waals surface area (Å²) in [4.78, 5) is 10.2. The molecule has 238 valence electrons. The summed E-state index contributed by atoms with van der Waals surface area (Å²) >= 11 is 0. The zero-order valence-corrected chi connectivity index (χ0v) is 27.7. The predicted molar refractivity (Wildman–Crippen MR) is 210 cm³/mol. The molecule has 2 aromatic heterocycles. The molecule has 1 aliphatic rings. The predicted octanol–water partition coefficient (Wildman–Crippen LogP) is 12.4. The van der Waals surface area contributed by atoms with Gasteiger partial charge in [-0.25, -0.2) is 9.97 Å². The number of rotatable bonds is 5. The lowest BCUT2D eigenvalue weighted by molar-refractivity contribution is 1.11. The van der Waals surface area contributed by atoms with Gasteiger partial charge in [-0.3, -0.25) is 4.57 Å². The zero-order valence-electron chi connectivity index (χ0n) is 27.7. The molecule has 0 fully saturated rings. The van der Waals surface area contributed by atoms with Crippen molar-refractivity contribution in [1.29, 1.82) is 0 Å². The first-order valence-electron chi connectivity index (χ1n) is 17.3. The van der Waals surface area contributed by atoms with Crippen molar-refractivity contribution in [3.63, 3.8) is 0 Å². The highest BCUT2D eigenvalue weighted by molar-refractivity contribution is 6.03. The highest BCUT2D eigenvalue weighted by atomic mass is 15.1. The third-order valence-corrected chi connectivity index (χ3v) is 9.98. The maximum Gasteiger partial charge on any atom is 0.145 e. The minimum Gasteiger partial charge on any atom is -0.291 e. The number of pyridine rings is 1. The van der Waals surface area contributed by atoms with Gasteiger partial charge in [-0.05, 0) is 69.8 Å². The molecule has 0 N–H and O–H groups in total. The van der Waals surface area contributed by atoms with Crippen molar-refractivity contribution in [3.8, 4) is 84.1 Å². The number of aromatic nitrogens is 3. The van der Waals surface area contributed by atoms with E-state index in [1.54, 1.807) is 0 Å². The summed E-state index contributed by atoms with van der Waals surface area (Å²) in [5.41, 5.74) is 18.1. The Kier molecular flexibility index (Phi) is 6.81. The average molecular weight is 650 g/mol. The molecule has 0 saturated heterocycles. The van der Waals surface area contributed by atoms with Crippen molar-refractivity contribution in [3.05, 3.63) is 188 Å². The molecule has 0 saturated carbocycles. The maximum absolute atomic E-state index is 5.24. The van der Waals surface area contributed by atoms with Gasteiger partial charge in [0.2, 0.25) is 0 Å². The average Bonchev–Trinajstić information content (AvgIpc) is 3.56. The lowest BCUT2D eigenvalue weighted by atomic mass is 9.94. The van der Waals surface area contributed by atoms with Crippen LogP contribution in [0.3, 0.4) is 0 Å². The molecule has 0 unspecified atom stereocenters. The first-order chi connectivity index (χ1) is 25.3. The van der Waals surface area contributed by atoms with E-state index in [2.05, 4.69) is 187 Å². The van der Waals surface area contributed by atoms with Gasteiger partial charge < -0.3 is 0 Å². The van der Waals surface area contributed by atoms with Gasteiger partial charge in [0.05, 0.1) is 28.1 Å². The molecule has 0 atom stereocenters. The summed E-state index contributed by atoms with van der Waals surface area (Å²) in [5, 5.41) is 0. The Morgan fingerprint density at radius 1 is 0.314 bits per heavy atom. The largest absolute Gasteiger partial charge is 0.291 e. The number of hydrogen-bond acceptors (Lipinski definition) is 2. The van der Waals surface area contributed by atoms with E-state index >= 15 is 0 Å². The third-order valence-electron chi connectivity index (χ3n) is 9.98. The summed E-state index contributed by atoms with van der Waals surface area (Å²) in [7, 11) is 0. The lowest BCUT2D eigenvalue weighted by Crippen LogP contribution is -1.99. The van der Waals surface area contributed by atoms with Crippen molar-refractivity contribution in [2.75, 3.05) is 0 Å². The van der Waals surface area contributed by atoms with E-state index in [4.69, 9.17) is 9.97 Å². The number of hydrogen-bond donors (Lipinski definition) is 0. The Morgan fingerprint density at radius 3 is 1.59 bits per heavy atom. The molecular weight excluding hydrogens is 619 g/mol. The number of imidazole rings is 1. The summed E-state index contributed by atoms with van der Waals surface area (Å²) in [6, 6.07) is 66.7. The summed E-state index contributed by atoms with van der Waals surface area (Å²) in [6.07, 6.45) is 0. The molecule has 3 nitrogen and oxygen atoms in total. The first-order valence-corrected chi connectivity index (χ1v) is 17.3. The molecule has 0 amide bonds. The molecule has 0 radical (unpaired) electrons. The van der Waals surface area contributed by atoms with E-state index in [0.717, 1.165) is 61.8 Å². The number of para-hydroxylation sites is 2. The fraction of sp³-hybridized carbons (Fsp3) is 0. The monoisotopic (exact) mass is 649 g/mol. The molecule has 3 heteroatoms. The Morgan fingerprint density at radius 2 is 0.824 bits per heavy atom. The van der Waals surface area contributed by atoms with E-state index in [1.165, 1.54) is 33.4 Å². The number of benzene rings is 7. The second-order valence-corrected chi connectivity index (χ2v) is 13.0. The fourth-order valence-electron chi connectivity index (χ4n) is 7.53. The standard InChI is InChI=1S/C48H31N3/c1-2-12-33(13-3-1)43-22-11-23-44(49-43)38-17-9-16-37(31-38)36-15-8-14-35(30-36)32-26-28-34(29-27-32)48-50-45-24-10-21-42-40-19-5-4-18-39(40)41-20-6-7-25-46(41)51(48)47(42)45/h1-31H. The highest BCUT2D eigenvalue weighted by Gasteiger charge is 2.25. The van der Waals surface area contributed by atoms with Gasteiger partial charge in [0, 0.05) is 27.8 Å². The Labute approximate surface area is 296 Å². The molecule has 7 aromatic carbocycles. The smallest absolute Gasteiger partial charge is 0.145 e. The van der Waals surface area contributed by atoms with Gasteiger partial charge in [0.1, 0.15) is 5.82 Å². The van der Waals surface area contributed by atoms with Gasteiger partial charge in [0.15, 0.2) is 0 Å². The normalized spacial score (nSPS) is 11.5. The number of nitrogens with zero attached hydrogens (tertiary/aromatic N) is 3. The van der Waals surface area contributed by atoms with Crippen LogP contribution in [-0.2, 0) is 0 Å². The molecule has 0 bridgehead atoms. The molecule has 3 heterocycles. The van der Waals surface area contributed by atoms with Crippen molar-refractivity contribution in [1.82, 2.24) is 14.5 Å². The number of fused-ring (bicyclic) bond motifs is 5. The van der Waals surface area contributed by atoms with Gasteiger partial charge in [-0.1, -0.05) is 152 Å². The molecule has 0 spiro atoms. The van der Waals surface area contributed by atoms with Crippen molar-refractivity contribution < 1.29 is 0 Å². The van der Waals surface area contributed by atoms with Crippen LogP contribution in [0.4, 0.5) is 0 Å².